The molecule has 2 rings (SSSR count). The third kappa shape index (κ3) is 4.85. The van der Waals surface area contributed by atoms with E-state index in [1.54, 1.807) is 37.3 Å². The lowest BCUT2D eigenvalue weighted by molar-refractivity contribution is -0.121. The highest BCUT2D eigenvalue weighted by Crippen LogP contribution is 2.15. The van der Waals surface area contributed by atoms with E-state index in [4.69, 9.17) is 0 Å². The smallest absolute Gasteiger partial charge is 0.269 e. The first-order valence-electron chi connectivity index (χ1n) is 7.30. The summed E-state index contributed by atoms with van der Waals surface area (Å²) in [6, 6.07) is 11.6. The van der Waals surface area contributed by atoms with E-state index in [0.29, 0.717) is 11.1 Å². The molecule has 0 saturated carbocycles. The molecule has 0 aliphatic rings. The first-order chi connectivity index (χ1) is 11.5. The number of carbonyl (C=O) groups is 2. The Morgan fingerprint density at radius 1 is 1.00 bits per heavy atom. The molecule has 0 spiro atoms. The number of halogens is 2. The van der Waals surface area contributed by atoms with Crippen LogP contribution < -0.4 is 16.2 Å². The molecule has 1 atom stereocenters. The molecule has 7 heteroatoms. The van der Waals surface area contributed by atoms with Crippen molar-refractivity contribution in [1.29, 1.82) is 0 Å². The minimum absolute atomic E-state index is 0.102. The largest absolute Gasteiger partial charge is 0.302 e. The number of hydrogen-bond acceptors (Lipinski definition) is 3. The van der Waals surface area contributed by atoms with Crippen molar-refractivity contribution >= 4 is 11.8 Å². The SMILES string of the molecule is C[C@@H](NCC(=O)NNC(=O)c1ccccc1)c1ccc(F)c(F)c1. The molecule has 126 valence electrons. The summed E-state index contributed by atoms with van der Waals surface area (Å²) in [4.78, 5) is 23.5. The average molecular weight is 333 g/mol. The maximum atomic E-state index is 13.2. The quantitative estimate of drug-likeness (QED) is 0.734. The Kier molecular flexibility index (Phi) is 5.97. The lowest BCUT2D eigenvalue weighted by Gasteiger charge is -2.14. The fourth-order valence-electron chi connectivity index (χ4n) is 1.98. The maximum absolute atomic E-state index is 13.2. The van der Waals surface area contributed by atoms with Gasteiger partial charge >= 0.3 is 0 Å². The van der Waals surface area contributed by atoms with Crippen molar-refractivity contribution in [2.45, 2.75) is 13.0 Å². The zero-order valence-corrected chi connectivity index (χ0v) is 13.0. The van der Waals surface area contributed by atoms with Gasteiger partial charge in [-0.2, -0.15) is 0 Å². The van der Waals surface area contributed by atoms with Gasteiger partial charge in [0, 0.05) is 11.6 Å². The molecule has 0 fully saturated rings. The summed E-state index contributed by atoms with van der Waals surface area (Å²) in [6.07, 6.45) is 0. The van der Waals surface area contributed by atoms with E-state index in [-0.39, 0.29) is 12.6 Å². The predicted molar refractivity (Wildman–Crippen MR) is 84.8 cm³/mol. The maximum Gasteiger partial charge on any atom is 0.269 e. The highest BCUT2D eigenvalue weighted by atomic mass is 19.2. The molecule has 3 N–H and O–H groups in total. The van der Waals surface area contributed by atoms with Crippen molar-refractivity contribution in [1.82, 2.24) is 16.2 Å². The average Bonchev–Trinajstić information content (AvgIpc) is 2.60. The van der Waals surface area contributed by atoms with Gasteiger partial charge in [-0.1, -0.05) is 24.3 Å². The first kappa shape index (κ1) is 17.6. The lowest BCUT2D eigenvalue weighted by Crippen LogP contribution is -2.45. The molecule has 0 radical (unpaired) electrons. The highest BCUT2D eigenvalue weighted by Gasteiger charge is 2.11. The molecular formula is C17H17F2N3O2. The van der Waals surface area contributed by atoms with Gasteiger partial charge in [-0.3, -0.25) is 20.4 Å². The normalized spacial score (nSPS) is 11.6. The number of amides is 2. The minimum atomic E-state index is -0.944. The molecule has 24 heavy (non-hydrogen) atoms. The molecule has 5 nitrogen and oxygen atoms in total. The third-order valence-corrected chi connectivity index (χ3v) is 3.36. The van der Waals surface area contributed by atoms with Gasteiger partial charge < -0.3 is 5.32 Å². The van der Waals surface area contributed by atoms with E-state index in [1.807, 2.05) is 0 Å². The van der Waals surface area contributed by atoms with Gasteiger partial charge in [0.2, 0.25) is 0 Å². The first-order valence-corrected chi connectivity index (χ1v) is 7.30. The van der Waals surface area contributed by atoms with Crippen LogP contribution in [0.25, 0.3) is 0 Å². The number of carbonyl (C=O) groups excluding carboxylic acids is 2. The Hall–Kier alpha value is -2.80. The van der Waals surface area contributed by atoms with E-state index < -0.39 is 23.4 Å². The fourth-order valence-corrected chi connectivity index (χ4v) is 1.98. The highest BCUT2D eigenvalue weighted by molar-refractivity contribution is 5.95. The van der Waals surface area contributed by atoms with Gasteiger partial charge in [0.15, 0.2) is 11.6 Å². The molecule has 0 saturated heterocycles. The zero-order valence-electron chi connectivity index (χ0n) is 13.0. The Morgan fingerprint density at radius 3 is 2.38 bits per heavy atom. The molecule has 2 aromatic carbocycles. The van der Waals surface area contributed by atoms with Crippen LogP contribution in [0.15, 0.2) is 48.5 Å². The third-order valence-electron chi connectivity index (χ3n) is 3.36. The van der Waals surface area contributed by atoms with E-state index >= 15 is 0 Å². The van der Waals surface area contributed by atoms with Crippen LogP contribution in [0.3, 0.4) is 0 Å². The minimum Gasteiger partial charge on any atom is -0.302 e. The van der Waals surface area contributed by atoms with Crippen LogP contribution in [0.5, 0.6) is 0 Å². The topological polar surface area (TPSA) is 70.2 Å². The molecular weight excluding hydrogens is 316 g/mol. The summed E-state index contributed by atoms with van der Waals surface area (Å²) < 4.78 is 26.1. The van der Waals surface area contributed by atoms with Crippen molar-refractivity contribution in [3.05, 3.63) is 71.3 Å². The zero-order chi connectivity index (χ0) is 17.5. The summed E-state index contributed by atoms with van der Waals surface area (Å²) in [6.45, 7) is 1.61. The van der Waals surface area contributed by atoms with Gasteiger partial charge in [0.1, 0.15) is 0 Å². The van der Waals surface area contributed by atoms with E-state index in [9.17, 15) is 18.4 Å². The van der Waals surface area contributed by atoms with Crippen LogP contribution in [0.2, 0.25) is 0 Å². The predicted octanol–water partition coefficient (Wildman–Crippen LogP) is 2.08. The van der Waals surface area contributed by atoms with Crippen molar-refractivity contribution in [3.8, 4) is 0 Å². The van der Waals surface area contributed by atoms with Crippen LogP contribution in [0.1, 0.15) is 28.9 Å². The van der Waals surface area contributed by atoms with Crippen molar-refractivity contribution < 1.29 is 18.4 Å². The van der Waals surface area contributed by atoms with E-state index in [0.717, 1.165) is 12.1 Å². The van der Waals surface area contributed by atoms with Crippen LogP contribution in [-0.2, 0) is 4.79 Å². The Morgan fingerprint density at radius 2 is 1.71 bits per heavy atom. The molecule has 2 aromatic rings. The summed E-state index contributed by atoms with van der Waals surface area (Å²) in [5, 5.41) is 2.86. The van der Waals surface area contributed by atoms with Crippen LogP contribution in [-0.4, -0.2) is 18.4 Å². The van der Waals surface area contributed by atoms with Gasteiger partial charge in [0.25, 0.3) is 11.8 Å². The Bertz CT molecular complexity index is 723. The summed E-state index contributed by atoms with van der Waals surface area (Å²) in [5.74, 6) is -2.76. The van der Waals surface area contributed by atoms with Crippen molar-refractivity contribution in [2.24, 2.45) is 0 Å². The van der Waals surface area contributed by atoms with Crippen LogP contribution in [0.4, 0.5) is 8.78 Å². The van der Waals surface area contributed by atoms with Crippen molar-refractivity contribution in [2.75, 3.05) is 6.54 Å². The second kappa shape index (κ2) is 8.16. The molecule has 0 unspecified atom stereocenters. The molecule has 0 aliphatic heterocycles. The molecule has 0 heterocycles. The van der Waals surface area contributed by atoms with Gasteiger partial charge in [0.05, 0.1) is 6.54 Å². The Labute approximate surface area is 138 Å². The Balaban J connectivity index is 1.78. The summed E-state index contributed by atoms with van der Waals surface area (Å²) in [7, 11) is 0. The number of hydrogen-bond donors (Lipinski definition) is 3. The van der Waals surface area contributed by atoms with E-state index in [1.165, 1.54) is 6.07 Å². The number of nitrogens with one attached hydrogen (secondary N) is 3. The van der Waals surface area contributed by atoms with Crippen LogP contribution >= 0.6 is 0 Å². The standard InChI is InChI=1S/C17H17F2N3O2/c1-11(13-7-8-14(18)15(19)9-13)20-10-16(23)21-22-17(24)12-5-3-2-4-6-12/h2-9,11,20H,10H2,1H3,(H,21,23)(H,22,24)/t11-/m1/s1. The number of benzene rings is 2. The molecule has 0 bridgehead atoms. The van der Waals surface area contributed by atoms with Crippen molar-refractivity contribution in [3.63, 3.8) is 0 Å². The fraction of sp³-hybridized carbons (Fsp3) is 0.176. The summed E-state index contributed by atoms with van der Waals surface area (Å²) in [5.41, 5.74) is 5.49. The van der Waals surface area contributed by atoms with Gasteiger partial charge in [-0.05, 0) is 36.8 Å². The van der Waals surface area contributed by atoms with Crippen LogP contribution in [0, 0.1) is 11.6 Å². The lowest BCUT2D eigenvalue weighted by atomic mass is 10.1. The van der Waals surface area contributed by atoms with Gasteiger partial charge in [-0.15, -0.1) is 0 Å². The second-order valence-corrected chi connectivity index (χ2v) is 5.14. The monoisotopic (exact) mass is 333 g/mol. The van der Waals surface area contributed by atoms with E-state index in [2.05, 4.69) is 16.2 Å². The summed E-state index contributed by atoms with van der Waals surface area (Å²) >= 11 is 0. The number of hydrazine groups is 1. The molecule has 0 aromatic heterocycles. The second-order valence-electron chi connectivity index (χ2n) is 5.14. The number of rotatable bonds is 5. The molecule has 0 aliphatic carbocycles. The molecule has 2 amide bonds. The van der Waals surface area contributed by atoms with Gasteiger partial charge in [-0.25, -0.2) is 8.78 Å².